The van der Waals surface area contributed by atoms with Crippen LogP contribution in [-0.4, -0.2) is 43.0 Å². The lowest BCUT2D eigenvalue weighted by Gasteiger charge is -2.32. The van der Waals surface area contributed by atoms with Crippen LogP contribution in [0.3, 0.4) is 0 Å². The Labute approximate surface area is 151 Å². The Morgan fingerprint density at radius 1 is 1.31 bits per heavy atom. The molecule has 2 aromatic heterocycles. The van der Waals surface area contributed by atoms with Crippen LogP contribution in [0.4, 0.5) is 0 Å². The number of amides is 1. The highest BCUT2D eigenvalue weighted by molar-refractivity contribution is 5.76. The van der Waals surface area contributed by atoms with Gasteiger partial charge in [-0.15, -0.1) is 0 Å². The van der Waals surface area contributed by atoms with Gasteiger partial charge in [0.25, 0.3) is 5.56 Å². The average molecular weight is 359 g/mol. The molecular formula is C18H25N5O3. The van der Waals surface area contributed by atoms with Gasteiger partial charge in [-0.25, -0.2) is 9.78 Å². The van der Waals surface area contributed by atoms with Gasteiger partial charge in [0.1, 0.15) is 0 Å². The number of nitrogens with one attached hydrogen (secondary N) is 1. The van der Waals surface area contributed by atoms with Crippen molar-refractivity contribution in [1.29, 1.82) is 0 Å². The molecule has 2 aromatic rings. The summed E-state index contributed by atoms with van der Waals surface area (Å²) in [5.74, 6) is 0.626. The smallest absolute Gasteiger partial charge is 0.328 e. The zero-order chi connectivity index (χ0) is 18.7. The van der Waals surface area contributed by atoms with Crippen molar-refractivity contribution in [3.05, 3.63) is 50.8 Å². The van der Waals surface area contributed by atoms with Crippen LogP contribution < -0.4 is 11.2 Å². The standard InChI is InChI=1S/C18H25N5O3/c1-13-15(17(25)21(2)18(26)20-13)3-4-16(24)23-8-5-14(6-9-23)11-22-10-7-19-12-22/h7,10,12,14H,3-6,8-9,11H2,1-2H3,(H,20,26). The molecule has 3 heterocycles. The molecule has 1 saturated heterocycles. The summed E-state index contributed by atoms with van der Waals surface area (Å²) < 4.78 is 3.13. The van der Waals surface area contributed by atoms with Gasteiger partial charge in [0.15, 0.2) is 0 Å². The van der Waals surface area contributed by atoms with Crippen LogP contribution in [-0.2, 0) is 24.8 Å². The van der Waals surface area contributed by atoms with E-state index in [2.05, 4.69) is 14.5 Å². The van der Waals surface area contributed by atoms with E-state index >= 15 is 0 Å². The zero-order valence-electron chi connectivity index (χ0n) is 15.3. The minimum Gasteiger partial charge on any atom is -0.343 e. The van der Waals surface area contributed by atoms with Crippen LogP contribution in [0.25, 0.3) is 0 Å². The van der Waals surface area contributed by atoms with E-state index in [1.807, 2.05) is 17.4 Å². The Bertz CT molecular complexity index is 873. The van der Waals surface area contributed by atoms with Crippen molar-refractivity contribution in [2.24, 2.45) is 13.0 Å². The molecule has 26 heavy (non-hydrogen) atoms. The highest BCUT2D eigenvalue weighted by atomic mass is 16.2. The Hall–Kier alpha value is -2.64. The molecule has 0 bridgehead atoms. The largest absolute Gasteiger partial charge is 0.343 e. The zero-order valence-corrected chi connectivity index (χ0v) is 15.3. The van der Waals surface area contributed by atoms with Gasteiger partial charge in [-0.05, 0) is 32.1 Å². The average Bonchev–Trinajstić information content (AvgIpc) is 3.13. The lowest BCUT2D eigenvalue weighted by atomic mass is 9.96. The summed E-state index contributed by atoms with van der Waals surface area (Å²) in [6.07, 6.45) is 8.15. The van der Waals surface area contributed by atoms with E-state index in [0.717, 1.165) is 37.0 Å². The van der Waals surface area contributed by atoms with Gasteiger partial charge in [0.2, 0.25) is 5.91 Å². The molecule has 140 valence electrons. The van der Waals surface area contributed by atoms with Gasteiger partial charge < -0.3 is 14.5 Å². The van der Waals surface area contributed by atoms with Crippen molar-refractivity contribution in [3.63, 3.8) is 0 Å². The fraction of sp³-hybridized carbons (Fsp3) is 0.556. The number of carbonyl (C=O) groups is 1. The maximum Gasteiger partial charge on any atom is 0.328 e. The molecule has 0 radical (unpaired) electrons. The van der Waals surface area contributed by atoms with E-state index in [9.17, 15) is 14.4 Å². The number of rotatable bonds is 5. The molecule has 1 fully saturated rings. The number of nitrogens with zero attached hydrogens (tertiary/aromatic N) is 4. The van der Waals surface area contributed by atoms with E-state index in [-0.39, 0.29) is 17.9 Å². The van der Waals surface area contributed by atoms with Gasteiger partial charge in [-0.1, -0.05) is 0 Å². The Morgan fingerprint density at radius 2 is 2.04 bits per heavy atom. The molecule has 8 nitrogen and oxygen atoms in total. The third-order valence-electron chi connectivity index (χ3n) is 5.20. The summed E-state index contributed by atoms with van der Waals surface area (Å²) in [4.78, 5) is 44.9. The predicted molar refractivity (Wildman–Crippen MR) is 96.9 cm³/mol. The number of aryl methyl sites for hydroxylation is 1. The van der Waals surface area contributed by atoms with Crippen LogP contribution in [0.15, 0.2) is 28.3 Å². The van der Waals surface area contributed by atoms with Gasteiger partial charge in [0, 0.05) is 56.8 Å². The van der Waals surface area contributed by atoms with E-state index in [0.29, 0.717) is 23.6 Å². The maximum atomic E-state index is 12.5. The second-order valence-corrected chi connectivity index (χ2v) is 6.98. The fourth-order valence-corrected chi connectivity index (χ4v) is 3.52. The molecule has 0 spiro atoms. The number of likely N-dealkylation sites (tertiary alicyclic amines) is 1. The fourth-order valence-electron chi connectivity index (χ4n) is 3.52. The molecule has 0 saturated carbocycles. The van der Waals surface area contributed by atoms with E-state index in [1.54, 1.807) is 13.1 Å². The van der Waals surface area contributed by atoms with Crippen LogP contribution in [0.5, 0.6) is 0 Å². The third-order valence-corrected chi connectivity index (χ3v) is 5.20. The SMILES string of the molecule is Cc1[nH]c(=O)n(C)c(=O)c1CCC(=O)N1CCC(Cn2ccnc2)CC1. The maximum absolute atomic E-state index is 12.5. The van der Waals surface area contributed by atoms with E-state index in [1.165, 1.54) is 7.05 Å². The minimum atomic E-state index is -0.428. The monoisotopic (exact) mass is 359 g/mol. The molecule has 0 aromatic carbocycles. The molecule has 0 atom stereocenters. The van der Waals surface area contributed by atoms with E-state index < -0.39 is 5.69 Å². The molecule has 1 amide bonds. The molecule has 3 rings (SSSR count). The number of hydrogen-bond donors (Lipinski definition) is 1. The number of imidazole rings is 1. The number of hydrogen-bond acceptors (Lipinski definition) is 4. The highest BCUT2D eigenvalue weighted by Crippen LogP contribution is 2.20. The van der Waals surface area contributed by atoms with E-state index in [4.69, 9.17) is 0 Å². The van der Waals surface area contributed by atoms with Gasteiger partial charge in [-0.2, -0.15) is 0 Å². The lowest BCUT2D eigenvalue weighted by molar-refractivity contribution is -0.132. The Balaban J connectivity index is 1.53. The molecule has 1 aliphatic rings. The van der Waals surface area contributed by atoms with Gasteiger partial charge in [-0.3, -0.25) is 14.2 Å². The first-order valence-electron chi connectivity index (χ1n) is 8.98. The number of aromatic amines is 1. The summed E-state index contributed by atoms with van der Waals surface area (Å²) in [6, 6.07) is 0. The van der Waals surface area contributed by atoms with Crippen molar-refractivity contribution >= 4 is 5.91 Å². The van der Waals surface area contributed by atoms with Crippen LogP contribution >= 0.6 is 0 Å². The normalized spacial score (nSPS) is 15.4. The number of piperidine rings is 1. The molecule has 0 unspecified atom stereocenters. The molecule has 8 heteroatoms. The minimum absolute atomic E-state index is 0.0683. The highest BCUT2D eigenvalue weighted by Gasteiger charge is 2.23. The first kappa shape index (κ1) is 18.2. The first-order chi connectivity index (χ1) is 12.5. The topological polar surface area (TPSA) is 93.0 Å². The summed E-state index contributed by atoms with van der Waals surface area (Å²) in [5.41, 5.74) is 0.306. The van der Waals surface area contributed by atoms with Crippen molar-refractivity contribution in [1.82, 2.24) is 24.0 Å². The predicted octanol–water partition coefficient (Wildman–Crippen LogP) is 0.450. The van der Waals surface area contributed by atoms with Gasteiger partial charge >= 0.3 is 5.69 Å². The van der Waals surface area contributed by atoms with Crippen LogP contribution in [0.1, 0.15) is 30.5 Å². The van der Waals surface area contributed by atoms with Crippen LogP contribution in [0, 0.1) is 12.8 Å². The first-order valence-corrected chi connectivity index (χ1v) is 8.98. The quantitative estimate of drug-likeness (QED) is 0.839. The molecule has 0 aliphatic carbocycles. The molecular weight excluding hydrogens is 334 g/mol. The second-order valence-electron chi connectivity index (χ2n) is 6.98. The summed E-state index contributed by atoms with van der Waals surface area (Å²) in [5, 5.41) is 0. The number of aromatic nitrogens is 4. The summed E-state index contributed by atoms with van der Waals surface area (Å²) >= 11 is 0. The second kappa shape index (κ2) is 7.72. The van der Waals surface area contributed by atoms with Crippen LogP contribution in [0.2, 0.25) is 0 Å². The lowest BCUT2D eigenvalue weighted by Crippen LogP contribution is -2.40. The summed E-state index contributed by atoms with van der Waals surface area (Å²) in [6.45, 7) is 4.14. The van der Waals surface area contributed by atoms with Crippen molar-refractivity contribution in [3.8, 4) is 0 Å². The Kier molecular flexibility index (Phi) is 5.39. The molecule has 1 N–H and O–H groups in total. The molecule has 1 aliphatic heterocycles. The van der Waals surface area contributed by atoms with Crippen molar-refractivity contribution in [2.75, 3.05) is 13.1 Å². The third kappa shape index (κ3) is 3.95. The number of H-pyrrole nitrogens is 1. The van der Waals surface area contributed by atoms with Crippen molar-refractivity contribution < 1.29 is 4.79 Å². The number of carbonyl (C=O) groups excluding carboxylic acids is 1. The van der Waals surface area contributed by atoms with Crippen molar-refractivity contribution in [2.45, 2.75) is 39.2 Å². The van der Waals surface area contributed by atoms with Gasteiger partial charge in [0.05, 0.1) is 6.33 Å². The Morgan fingerprint density at radius 3 is 2.69 bits per heavy atom. The summed E-state index contributed by atoms with van der Waals surface area (Å²) in [7, 11) is 1.44.